The van der Waals surface area contributed by atoms with E-state index in [1.54, 1.807) is 23.1 Å². The van der Waals surface area contributed by atoms with Gasteiger partial charge in [-0.1, -0.05) is 78.9 Å². The van der Waals surface area contributed by atoms with E-state index in [1.165, 1.54) is 36.4 Å². The topological polar surface area (TPSA) is 104 Å². The molecule has 210 valence electrons. The van der Waals surface area contributed by atoms with Crippen molar-refractivity contribution in [2.75, 3.05) is 37.0 Å². The van der Waals surface area contributed by atoms with Crippen molar-refractivity contribution in [3.63, 3.8) is 0 Å². The van der Waals surface area contributed by atoms with Gasteiger partial charge in [-0.2, -0.15) is 0 Å². The third-order valence-electron chi connectivity index (χ3n) is 7.22. The Labute approximate surface area is 239 Å². The molecule has 0 saturated carbocycles. The number of carbonyl (C=O) groups excluding carboxylic acids is 1. The fourth-order valence-electron chi connectivity index (χ4n) is 5.11. The van der Waals surface area contributed by atoms with Crippen LogP contribution in [0.15, 0.2) is 120 Å². The van der Waals surface area contributed by atoms with Crippen molar-refractivity contribution >= 4 is 27.3 Å². The summed E-state index contributed by atoms with van der Waals surface area (Å²) in [4.78, 5) is 28.2. The minimum absolute atomic E-state index is 0.0320. The molecular weight excluding hydrogens is 540 g/mol. The van der Waals surface area contributed by atoms with Gasteiger partial charge < -0.3 is 4.90 Å². The predicted octanol–water partition coefficient (Wildman–Crippen LogP) is 4.72. The average Bonchev–Trinajstić information content (AvgIpc) is 3.02. The lowest BCUT2D eigenvalue weighted by Gasteiger charge is -2.40. The molecule has 0 atom stereocenters. The summed E-state index contributed by atoms with van der Waals surface area (Å²) < 4.78 is 28.3. The summed E-state index contributed by atoms with van der Waals surface area (Å²) in [6.07, 6.45) is 0. The number of benzene rings is 4. The monoisotopic (exact) mass is 570 g/mol. The Hall–Kier alpha value is -4.54. The van der Waals surface area contributed by atoms with Crippen LogP contribution in [0.1, 0.15) is 17.2 Å². The van der Waals surface area contributed by atoms with E-state index in [1.807, 2.05) is 36.4 Å². The van der Waals surface area contributed by atoms with Crippen LogP contribution in [-0.2, 0) is 14.8 Å². The summed E-state index contributed by atoms with van der Waals surface area (Å²) in [7, 11) is -4.11. The van der Waals surface area contributed by atoms with Gasteiger partial charge in [-0.05, 0) is 35.4 Å². The van der Waals surface area contributed by atoms with Gasteiger partial charge in [-0.25, -0.2) is 8.42 Å². The number of nitro benzene ring substituents is 1. The Balaban J connectivity index is 1.35. The van der Waals surface area contributed by atoms with Gasteiger partial charge in [0.05, 0.1) is 21.5 Å². The number of non-ortho nitro benzene ring substituents is 1. The quantitative estimate of drug-likeness (QED) is 0.213. The summed E-state index contributed by atoms with van der Waals surface area (Å²) in [6, 6.07) is 33.5. The predicted molar refractivity (Wildman–Crippen MR) is 157 cm³/mol. The maximum atomic E-state index is 13.6. The molecule has 0 N–H and O–H groups in total. The normalized spacial score (nSPS) is 14.1. The average molecular weight is 571 g/mol. The van der Waals surface area contributed by atoms with Gasteiger partial charge in [0.2, 0.25) is 5.91 Å². The highest BCUT2D eigenvalue weighted by Gasteiger charge is 2.32. The highest BCUT2D eigenvalue weighted by molar-refractivity contribution is 7.92. The molecule has 5 rings (SSSR count). The third kappa shape index (κ3) is 6.29. The summed E-state index contributed by atoms with van der Waals surface area (Å²) in [5.41, 5.74) is 2.34. The fraction of sp³-hybridized carbons (Fsp3) is 0.194. The fourth-order valence-corrected chi connectivity index (χ4v) is 6.55. The summed E-state index contributed by atoms with van der Waals surface area (Å²) in [5, 5.41) is 11.1. The summed E-state index contributed by atoms with van der Waals surface area (Å²) in [6.45, 7) is 1.69. The number of nitrogens with zero attached hydrogens (tertiary/aromatic N) is 4. The van der Waals surface area contributed by atoms with Crippen molar-refractivity contribution in [1.82, 2.24) is 9.80 Å². The van der Waals surface area contributed by atoms with E-state index in [4.69, 9.17) is 0 Å². The molecule has 1 saturated heterocycles. The van der Waals surface area contributed by atoms with E-state index in [0.29, 0.717) is 26.2 Å². The molecule has 1 amide bonds. The van der Waals surface area contributed by atoms with Gasteiger partial charge in [-0.3, -0.25) is 24.1 Å². The van der Waals surface area contributed by atoms with Gasteiger partial charge >= 0.3 is 0 Å². The van der Waals surface area contributed by atoms with Crippen LogP contribution >= 0.6 is 0 Å². The van der Waals surface area contributed by atoms with Crippen molar-refractivity contribution < 1.29 is 18.1 Å². The smallest absolute Gasteiger partial charge is 0.269 e. The van der Waals surface area contributed by atoms with E-state index in [0.717, 1.165) is 15.4 Å². The number of hydrogen-bond acceptors (Lipinski definition) is 6. The minimum atomic E-state index is -4.11. The molecule has 0 bridgehead atoms. The summed E-state index contributed by atoms with van der Waals surface area (Å²) >= 11 is 0. The zero-order chi connectivity index (χ0) is 28.8. The van der Waals surface area contributed by atoms with Crippen molar-refractivity contribution in [2.24, 2.45) is 0 Å². The maximum Gasteiger partial charge on any atom is 0.269 e. The molecule has 10 heteroatoms. The minimum Gasteiger partial charge on any atom is -0.339 e. The first-order chi connectivity index (χ1) is 19.8. The van der Waals surface area contributed by atoms with Crippen molar-refractivity contribution in [1.29, 1.82) is 0 Å². The Morgan fingerprint density at radius 1 is 0.756 bits per heavy atom. The molecule has 0 radical (unpaired) electrons. The Morgan fingerprint density at radius 3 is 1.73 bits per heavy atom. The maximum absolute atomic E-state index is 13.6. The highest BCUT2D eigenvalue weighted by Crippen LogP contribution is 2.30. The standard InChI is InChI=1S/C31H30N4O5S/c36-30(24-34(27-16-18-28(19-17-27)35(37)38)41(39,40)29-14-8-3-9-15-29)32-20-22-33(23-21-32)31(25-10-4-1-5-11-25)26-12-6-2-7-13-26/h1-19,31H,20-24H2. The molecule has 0 aromatic heterocycles. The molecule has 0 unspecified atom stereocenters. The molecule has 41 heavy (non-hydrogen) atoms. The van der Waals surface area contributed by atoms with Gasteiger partial charge in [0.15, 0.2) is 0 Å². The molecule has 0 spiro atoms. The van der Waals surface area contributed by atoms with E-state index in [9.17, 15) is 23.3 Å². The number of piperazine rings is 1. The molecule has 4 aromatic rings. The lowest BCUT2D eigenvalue weighted by Crippen LogP contribution is -2.52. The van der Waals surface area contributed by atoms with Crippen LogP contribution in [0.3, 0.4) is 0 Å². The number of anilines is 1. The Kier molecular flexibility index (Phi) is 8.42. The van der Waals surface area contributed by atoms with Crippen molar-refractivity contribution in [2.45, 2.75) is 10.9 Å². The van der Waals surface area contributed by atoms with Crippen LogP contribution in [0.25, 0.3) is 0 Å². The lowest BCUT2D eigenvalue weighted by atomic mass is 9.96. The van der Waals surface area contributed by atoms with E-state index in [-0.39, 0.29) is 28.2 Å². The van der Waals surface area contributed by atoms with E-state index in [2.05, 4.69) is 29.2 Å². The number of rotatable bonds is 9. The first-order valence-corrected chi connectivity index (χ1v) is 14.7. The second-order valence-electron chi connectivity index (χ2n) is 9.74. The van der Waals surface area contributed by atoms with Crippen LogP contribution in [0.2, 0.25) is 0 Å². The van der Waals surface area contributed by atoms with Crippen molar-refractivity contribution in [3.8, 4) is 0 Å². The SMILES string of the molecule is O=C(CN(c1ccc([N+](=O)[O-])cc1)S(=O)(=O)c1ccccc1)N1CCN(C(c2ccccc2)c2ccccc2)CC1. The zero-order valence-electron chi connectivity index (χ0n) is 22.3. The van der Waals surface area contributed by atoms with Crippen LogP contribution in [-0.4, -0.2) is 61.8 Å². The lowest BCUT2D eigenvalue weighted by molar-refractivity contribution is -0.384. The molecule has 9 nitrogen and oxygen atoms in total. The van der Waals surface area contributed by atoms with E-state index < -0.39 is 21.5 Å². The molecule has 1 heterocycles. The molecule has 1 aliphatic rings. The second kappa shape index (κ2) is 12.3. The van der Waals surface area contributed by atoms with Gasteiger partial charge in [0.1, 0.15) is 6.54 Å². The van der Waals surface area contributed by atoms with Crippen LogP contribution in [0.4, 0.5) is 11.4 Å². The molecular formula is C31H30N4O5S. The first kappa shape index (κ1) is 28.0. The number of nitro groups is 1. The largest absolute Gasteiger partial charge is 0.339 e. The Bertz CT molecular complexity index is 1540. The molecule has 0 aliphatic carbocycles. The second-order valence-corrected chi connectivity index (χ2v) is 11.6. The van der Waals surface area contributed by atoms with Gasteiger partial charge in [0, 0.05) is 38.3 Å². The number of sulfonamides is 1. The van der Waals surface area contributed by atoms with Crippen LogP contribution < -0.4 is 4.31 Å². The van der Waals surface area contributed by atoms with Gasteiger partial charge in [0.25, 0.3) is 15.7 Å². The number of hydrogen-bond donors (Lipinski definition) is 0. The van der Waals surface area contributed by atoms with Gasteiger partial charge in [-0.15, -0.1) is 0 Å². The van der Waals surface area contributed by atoms with Crippen molar-refractivity contribution in [3.05, 3.63) is 137 Å². The number of carbonyl (C=O) groups is 1. The Morgan fingerprint density at radius 2 is 1.24 bits per heavy atom. The number of amides is 1. The molecule has 1 aliphatic heterocycles. The first-order valence-electron chi connectivity index (χ1n) is 13.3. The van der Waals surface area contributed by atoms with E-state index >= 15 is 0 Å². The zero-order valence-corrected chi connectivity index (χ0v) is 23.1. The molecule has 4 aromatic carbocycles. The van der Waals surface area contributed by atoms with Crippen LogP contribution in [0, 0.1) is 10.1 Å². The van der Waals surface area contributed by atoms with Crippen LogP contribution in [0.5, 0.6) is 0 Å². The molecule has 1 fully saturated rings. The third-order valence-corrected chi connectivity index (χ3v) is 9.01. The summed E-state index contributed by atoms with van der Waals surface area (Å²) in [5.74, 6) is -0.335. The highest BCUT2D eigenvalue weighted by atomic mass is 32.2.